The van der Waals surface area contributed by atoms with E-state index in [4.69, 9.17) is 0 Å². The molecule has 4 aromatic carbocycles. The molecule has 0 unspecified atom stereocenters. The van der Waals surface area contributed by atoms with Crippen LogP contribution in [0.3, 0.4) is 0 Å². The summed E-state index contributed by atoms with van der Waals surface area (Å²) in [5.74, 6) is -0.149. The molecule has 0 saturated carbocycles. The molecule has 0 radical (unpaired) electrons. The average Bonchev–Trinajstić information content (AvgIpc) is 3.32. The number of fused-ring (bicyclic) bond motifs is 1. The lowest BCUT2D eigenvalue weighted by molar-refractivity contribution is -0.114. The molecule has 0 saturated heterocycles. The van der Waals surface area contributed by atoms with E-state index in [0.29, 0.717) is 12.1 Å². The molecule has 2 N–H and O–H groups in total. The van der Waals surface area contributed by atoms with Gasteiger partial charge in [-0.05, 0) is 53.9 Å². The Labute approximate surface area is 199 Å². The third-order valence-electron chi connectivity index (χ3n) is 6.00. The second-order valence-electron chi connectivity index (χ2n) is 8.23. The molecule has 5 heteroatoms. The molecular formula is C29H25N3O2. The minimum atomic E-state index is -0.141. The summed E-state index contributed by atoms with van der Waals surface area (Å²) in [6.07, 6.45) is 0.879. The zero-order valence-electron chi connectivity index (χ0n) is 18.7. The van der Waals surface area contributed by atoms with E-state index in [-0.39, 0.29) is 18.4 Å². The molecule has 5 rings (SSSR count). The Balaban J connectivity index is 1.20. The lowest BCUT2D eigenvalue weighted by Gasteiger charge is -2.17. The van der Waals surface area contributed by atoms with E-state index < -0.39 is 0 Å². The van der Waals surface area contributed by atoms with Gasteiger partial charge in [-0.15, -0.1) is 0 Å². The smallest absolute Gasteiger partial charge is 0.258 e. The Morgan fingerprint density at radius 1 is 0.765 bits per heavy atom. The summed E-state index contributed by atoms with van der Waals surface area (Å²) in [5, 5.41) is 6.13. The first-order valence-corrected chi connectivity index (χ1v) is 11.4. The van der Waals surface area contributed by atoms with Crippen molar-refractivity contribution in [2.45, 2.75) is 6.42 Å². The molecule has 0 aromatic heterocycles. The van der Waals surface area contributed by atoms with Crippen molar-refractivity contribution in [2.24, 2.45) is 0 Å². The molecule has 4 aromatic rings. The van der Waals surface area contributed by atoms with Gasteiger partial charge in [0.1, 0.15) is 0 Å². The number of carbonyl (C=O) groups is 2. The van der Waals surface area contributed by atoms with E-state index >= 15 is 0 Å². The minimum absolute atomic E-state index is 0.00763. The van der Waals surface area contributed by atoms with Gasteiger partial charge in [0.2, 0.25) is 5.91 Å². The van der Waals surface area contributed by atoms with Crippen molar-refractivity contribution in [1.29, 1.82) is 0 Å². The Morgan fingerprint density at radius 3 is 2.29 bits per heavy atom. The zero-order valence-corrected chi connectivity index (χ0v) is 18.7. The summed E-state index contributed by atoms with van der Waals surface area (Å²) in [6.45, 7) is 0.818. The summed E-state index contributed by atoms with van der Waals surface area (Å²) in [4.78, 5) is 27.4. The van der Waals surface area contributed by atoms with Gasteiger partial charge >= 0.3 is 0 Å². The number of carbonyl (C=O) groups excluding carboxylic acids is 2. The molecule has 168 valence electrons. The van der Waals surface area contributed by atoms with Crippen LogP contribution in [0.4, 0.5) is 17.1 Å². The van der Waals surface area contributed by atoms with Gasteiger partial charge in [0.05, 0.1) is 6.54 Å². The molecule has 0 fully saturated rings. The van der Waals surface area contributed by atoms with Gasteiger partial charge in [-0.1, -0.05) is 66.7 Å². The molecule has 1 aliphatic heterocycles. The second kappa shape index (κ2) is 9.63. The lowest BCUT2D eigenvalue weighted by Crippen LogP contribution is -2.28. The molecule has 34 heavy (non-hydrogen) atoms. The van der Waals surface area contributed by atoms with E-state index in [2.05, 4.69) is 16.7 Å². The van der Waals surface area contributed by atoms with E-state index in [1.54, 1.807) is 12.1 Å². The van der Waals surface area contributed by atoms with Gasteiger partial charge in [-0.2, -0.15) is 0 Å². The number of nitrogens with one attached hydrogen (secondary N) is 2. The highest BCUT2D eigenvalue weighted by Gasteiger charge is 2.24. The monoisotopic (exact) mass is 447 g/mol. The van der Waals surface area contributed by atoms with Crippen molar-refractivity contribution in [2.75, 3.05) is 28.6 Å². The standard InChI is InChI=1S/C29H25N3O2/c33-28(31-26-12-6-5-11-25(26)21-8-2-1-3-9-21)20-30-24-16-14-23(15-17-24)29(34)32-19-18-22-10-4-7-13-27(22)32/h1-17,30H,18-20H2,(H,31,33). The van der Waals surface area contributed by atoms with E-state index in [0.717, 1.165) is 34.6 Å². The summed E-state index contributed by atoms with van der Waals surface area (Å²) >= 11 is 0. The van der Waals surface area contributed by atoms with Crippen LogP contribution in [-0.4, -0.2) is 24.9 Å². The van der Waals surface area contributed by atoms with Crippen LogP contribution in [-0.2, 0) is 11.2 Å². The third-order valence-corrected chi connectivity index (χ3v) is 6.00. The fourth-order valence-electron chi connectivity index (χ4n) is 4.27. The highest BCUT2D eigenvalue weighted by Crippen LogP contribution is 2.29. The first kappa shape index (κ1) is 21.5. The molecule has 0 atom stereocenters. The summed E-state index contributed by atoms with van der Waals surface area (Å²) in [5.41, 5.74) is 6.40. The van der Waals surface area contributed by atoms with Gasteiger partial charge in [-0.3, -0.25) is 9.59 Å². The highest BCUT2D eigenvalue weighted by molar-refractivity contribution is 6.07. The van der Waals surface area contributed by atoms with Crippen LogP contribution >= 0.6 is 0 Å². The van der Waals surface area contributed by atoms with Gasteiger partial charge in [-0.25, -0.2) is 0 Å². The van der Waals surface area contributed by atoms with Crippen LogP contribution in [0.2, 0.25) is 0 Å². The van der Waals surface area contributed by atoms with Crippen molar-refractivity contribution >= 4 is 28.9 Å². The molecule has 2 amide bonds. The van der Waals surface area contributed by atoms with E-state index in [1.807, 2.05) is 89.8 Å². The molecular weight excluding hydrogens is 422 g/mol. The molecule has 0 aliphatic carbocycles. The summed E-state index contributed by atoms with van der Waals surface area (Å²) in [6, 6.07) is 33.0. The Bertz CT molecular complexity index is 1320. The average molecular weight is 448 g/mol. The molecule has 1 heterocycles. The fourth-order valence-corrected chi connectivity index (χ4v) is 4.27. The quantitative estimate of drug-likeness (QED) is 0.404. The van der Waals surface area contributed by atoms with Crippen LogP contribution in [0.25, 0.3) is 11.1 Å². The molecule has 0 bridgehead atoms. The zero-order chi connectivity index (χ0) is 23.3. The van der Waals surface area contributed by atoms with Crippen LogP contribution in [0, 0.1) is 0 Å². The maximum absolute atomic E-state index is 13.0. The predicted molar refractivity (Wildman–Crippen MR) is 137 cm³/mol. The van der Waals surface area contributed by atoms with Gasteiger partial charge < -0.3 is 15.5 Å². The molecule has 5 nitrogen and oxygen atoms in total. The number of hydrogen-bond donors (Lipinski definition) is 2. The Morgan fingerprint density at radius 2 is 1.47 bits per heavy atom. The van der Waals surface area contributed by atoms with Crippen LogP contribution < -0.4 is 15.5 Å². The van der Waals surface area contributed by atoms with Crippen LogP contribution in [0.1, 0.15) is 15.9 Å². The topological polar surface area (TPSA) is 61.4 Å². The lowest BCUT2D eigenvalue weighted by atomic mass is 10.0. The number of hydrogen-bond acceptors (Lipinski definition) is 3. The van der Waals surface area contributed by atoms with Gasteiger partial charge in [0.25, 0.3) is 5.91 Å². The van der Waals surface area contributed by atoms with E-state index in [9.17, 15) is 9.59 Å². The normalized spacial score (nSPS) is 12.2. The van der Waals surface area contributed by atoms with Gasteiger partial charge in [0.15, 0.2) is 0 Å². The third kappa shape index (κ3) is 4.55. The number of nitrogens with zero attached hydrogens (tertiary/aromatic N) is 1. The SMILES string of the molecule is O=C(CNc1ccc(C(=O)N2CCc3ccccc32)cc1)Nc1ccccc1-c1ccccc1. The number of rotatable bonds is 6. The van der Waals surface area contributed by atoms with E-state index in [1.165, 1.54) is 5.56 Å². The Kier molecular flexibility index (Phi) is 6.08. The predicted octanol–water partition coefficient (Wildman–Crippen LogP) is 5.61. The van der Waals surface area contributed by atoms with Crippen molar-refractivity contribution in [3.63, 3.8) is 0 Å². The number of amides is 2. The first-order valence-electron chi connectivity index (χ1n) is 11.4. The summed E-state index contributed by atoms with van der Waals surface area (Å²) < 4.78 is 0. The van der Waals surface area contributed by atoms with Crippen molar-refractivity contribution in [3.05, 3.63) is 114 Å². The molecule has 1 aliphatic rings. The number of para-hydroxylation sites is 2. The maximum Gasteiger partial charge on any atom is 0.258 e. The molecule has 0 spiro atoms. The van der Waals surface area contributed by atoms with Crippen molar-refractivity contribution in [3.8, 4) is 11.1 Å². The van der Waals surface area contributed by atoms with Crippen molar-refractivity contribution < 1.29 is 9.59 Å². The maximum atomic E-state index is 13.0. The number of benzene rings is 4. The van der Waals surface area contributed by atoms with Crippen molar-refractivity contribution in [1.82, 2.24) is 0 Å². The van der Waals surface area contributed by atoms with Gasteiger partial charge in [0, 0.05) is 34.7 Å². The second-order valence-corrected chi connectivity index (χ2v) is 8.23. The van der Waals surface area contributed by atoms with Crippen LogP contribution in [0.5, 0.6) is 0 Å². The minimum Gasteiger partial charge on any atom is -0.376 e. The largest absolute Gasteiger partial charge is 0.376 e. The highest BCUT2D eigenvalue weighted by atomic mass is 16.2. The first-order chi connectivity index (χ1) is 16.7. The summed E-state index contributed by atoms with van der Waals surface area (Å²) in [7, 11) is 0. The van der Waals surface area contributed by atoms with Crippen LogP contribution in [0.15, 0.2) is 103 Å². The number of anilines is 3. The Hall–Kier alpha value is -4.38. The fraction of sp³-hybridized carbons (Fsp3) is 0.103.